The molecule has 0 aliphatic carbocycles. The maximum absolute atomic E-state index is 10.5. The van der Waals surface area contributed by atoms with E-state index >= 15 is 0 Å². The van der Waals surface area contributed by atoms with Gasteiger partial charge in [0.1, 0.15) is 0 Å². The van der Waals surface area contributed by atoms with E-state index in [0.29, 0.717) is 12.3 Å². The molecule has 0 aromatic rings. The van der Waals surface area contributed by atoms with Gasteiger partial charge in [-0.2, -0.15) is 0 Å². The van der Waals surface area contributed by atoms with E-state index in [0.717, 1.165) is 0 Å². The van der Waals surface area contributed by atoms with Gasteiger partial charge in [0.25, 0.3) is 0 Å². The van der Waals surface area contributed by atoms with Crippen molar-refractivity contribution in [1.29, 1.82) is 0 Å². The molecule has 1 fully saturated rings. The third kappa shape index (κ3) is 0.904. The van der Waals surface area contributed by atoms with Gasteiger partial charge in [-0.3, -0.25) is 4.79 Å². The average Bonchev–Trinajstić information content (AvgIpc) is 1.87. The molecule has 4 heteroatoms. The lowest BCUT2D eigenvalue weighted by molar-refractivity contribution is -0.142. The second-order valence-electron chi connectivity index (χ2n) is 2.48. The van der Waals surface area contributed by atoms with Gasteiger partial charge in [-0.15, -0.1) is 11.6 Å². The molecule has 0 radical (unpaired) electrons. The average molecular weight is 168 g/mol. The Balaban J connectivity index is 2.58. The number of hydrogen-bond donors (Lipinski definition) is 0. The van der Waals surface area contributed by atoms with Crippen LogP contribution in [0.1, 0.15) is 13.3 Å². The molecule has 9 heavy (non-hydrogen) atoms. The number of halogens is 2. The first-order valence-corrected chi connectivity index (χ1v) is 3.52. The Morgan fingerprint density at radius 1 is 1.89 bits per heavy atom. The summed E-state index contributed by atoms with van der Waals surface area (Å²) in [5.74, 6) is 0.363. The highest BCUT2D eigenvalue weighted by molar-refractivity contribution is 6.26. The summed E-state index contributed by atoms with van der Waals surface area (Å²) in [6, 6.07) is 0. The summed E-state index contributed by atoms with van der Waals surface area (Å²) in [7, 11) is 0. The van der Waals surface area contributed by atoms with E-state index in [9.17, 15) is 4.79 Å². The van der Waals surface area contributed by atoms with Crippen molar-refractivity contribution in [3.05, 3.63) is 0 Å². The van der Waals surface area contributed by atoms with Gasteiger partial charge >= 0.3 is 0 Å². The van der Waals surface area contributed by atoms with E-state index in [2.05, 4.69) is 0 Å². The molecule has 1 heterocycles. The van der Waals surface area contributed by atoms with E-state index in [1.165, 1.54) is 4.42 Å². The lowest BCUT2D eigenvalue weighted by Gasteiger charge is -2.43. The standard InChI is InChI=1S/C5H7Cl2NO/c1-5(3-6)2-4(9)8(5)7/h2-3H2,1H3. The fourth-order valence-electron chi connectivity index (χ4n) is 0.774. The summed E-state index contributed by atoms with van der Waals surface area (Å²) in [5.41, 5.74) is -0.291. The van der Waals surface area contributed by atoms with Gasteiger partial charge in [0.2, 0.25) is 5.91 Å². The maximum Gasteiger partial charge on any atom is 0.239 e. The summed E-state index contributed by atoms with van der Waals surface area (Å²) in [6.07, 6.45) is 0.472. The van der Waals surface area contributed by atoms with Gasteiger partial charge in [0, 0.05) is 17.7 Å². The predicted molar refractivity (Wildman–Crippen MR) is 36.4 cm³/mol. The summed E-state index contributed by atoms with van der Waals surface area (Å²) in [6.45, 7) is 1.86. The second-order valence-corrected chi connectivity index (χ2v) is 3.09. The fourth-order valence-corrected chi connectivity index (χ4v) is 1.23. The summed E-state index contributed by atoms with van der Waals surface area (Å²) in [4.78, 5) is 10.5. The van der Waals surface area contributed by atoms with Gasteiger partial charge in [-0.1, -0.05) is 0 Å². The van der Waals surface area contributed by atoms with Crippen molar-refractivity contribution in [2.75, 3.05) is 5.88 Å². The zero-order valence-electron chi connectivity index (χ0n) is 5.03. The molecule has 1 saturated heterocycles. The Labute approximate surface area is 63.8 Å². The van der Waals surface area contributed by atoms with Gasteiger partial charge in [-0.05, 0) is 6.92 Å². The number of amides is 1. The highest BCUT2D eigenvalue weighted by Gasteiger charge is 2.46. The van der Waals surface area contributed by atoms with E-state index in [-0.39, 0.29) is 11.4 Å². The zero-order chi connectivity index (χ0) is 7.07. The fraction of sp³-hybridized carbons (Fsp3) is 0.800. The quantitative estimate of drug-likeness (QED) is 0.329. The molecule has 1 amide bonds. The zero-order valence-corrected chi connectivity index (χ0v) is 6.54. The van der Waals surface area contributed by atoms with Crippen molar-refractivity contribution in [3.63, 3.8) is 0 Å². The third-order valence-electron chi connectivity index (χ3n) is 1.51. The Morgan fingerprint density at radius 2 is 2.44 bits per heavy atom. The first-order valence-electron chi connectivity index (χ1n) is 2.65. The Morgan fingerprint density at radius 3 is 2.56 bits per heavy atom. The minimum absolute atomic E-state index is 0.0418. The van der Waals surface area contributed by atoms with Crippen molar-refractivity contribution >= 4 is 29.3 Å². The van der Waals surface area contributed by atoms with Crippen LogP contribution >= 0.6 is 23.4 Å². The smallest absolute Gasteiger partial charge is 0.239 e. The molecule has 0 aromatic heterocycles. The number of rotatable bonds is 1. The van der Waals surface area contributed by atoms with Crippen molar-refractivity contribution in [2.24, 2.45) is 0 Å². The number of β-lactam (4-membered cyclic amide) rings is 1. The van der Waals surface area contributed by atoms with Crippen molar-refractivity contribution in [2.45, 2.75) is 18.9 Å². The van der Waals surface area contributed by atoms with Crippen molar-refractivity contribution in [3.8, 4) is 0 Å². The van der Waals surface area contributed by atoms with Crippen LogP contribution in [0.2, 0.25) is 0 Å². The van der Waals surface area contributed by atoms with Crippen LogP contribution < -0.4 is 0 Å². The number of alkyl halides is 1. The number of carbonyl (C=O) groups excluding carboxylic acids is 1. The monoisotopic (exact) mass is 167 g/mol. The third-order valence-corrected chi connectivity index (χ3v) is 2.69. The molecule has 2 nitrogen and oxygen atoms in total. The van der Waals surface area contributed by atoms with Crippen LogP contribution in [0.5, 0.6) is 0 Å². The predicted octanol–water partition coefficient (Wildman–Crippen LogP) is 1.37. The van der Waals surface area contributed by atoms with Crippen molar-refractivity contribution in [1.82, 2.24) is 4.42 Å². The summed E-state index contributed by atoms with van der Waals surface area (Å²) < 4.78 is 1.17. The molecular formula is C5H7Cl2NO. The Hall–Kier alpha value is 0.0500. The molecule has 52 valence electrons. The molecular weight excluding hydrogens is 161 g/mol. The van der Waals surface area contributed by atoms with Crippen molar-refractivity contribution < 1.29 is 4.79 Å². The SMILES string of the molecule is CC1(CCl)CC(=O)N1Cl. The van der Waals surface area contributed by atoms with Gasteiger partial charge < -0.3 is 0 Å². The normalized spacial score (nSPS) is 34.6. The van der Waals surface area contributed by atoms with Gasteiger partial charge in [0.15, 0.2) is 0 Å². The Kier molecular flexibility index (Phi) is 1.61. The molecule has 1 unspecified atom stereocenters. The first-order chi connectivity index (χ1) is 4.10. The molecule has 1 aliphatic rings. The molecule has 0 aromatic carbocycles. The van der Waals surface area contributed by atoms with E-state index in [4.69, 9.17) is 23.4 Å². The number of carbonyl (C=O) groups is 1. The second kappa shape index (κ2) is 2.03. The van der Waals surface area contributed by atoms with Gasteiger partial charge in [-0.25, -0.2) is 4.42 Å². The molecule has 0 spiro atoms. The van der Waals surface area contributed by atoms with E-state index < -0.39 is 0 Å². The topological polar surface area (TPSA) is 20.3 Å². The lowest BCUT2D eigenvalue weighted by atomic mass is 9.92. The van der Waals surface area contributed by atoms with Crippen LogP contribution in [0.3, 0.4) is 0 Å². The van der Waals surface area contributed by atoms with Crippen LogP contribution in [-0.2, 0) is 4.79 Å². The van der Waals surface area contributed by atoms with E-state index in [1.54, 1.807) is 0 Å². The minimum Gasteiger partial charge on any atom is -0.273 e. The van der Waals surface area contributed by atoms with E-state index in [1.807, 2.05) is 6.92 Å². The summed E-state index contributed by atoms with van der Waals surface area (Å²) in [5, 5.41) is 0. The van der Waals surface area contributed by atoms with Crippen LogP contribution in [0.15, 0.2) is 0 Å². The molecule has 1 atom stereocenters. The van der Waals surface area contributed by atoms with Crippen LogP contribution in [0.4, 0.5) is 0 Å². The first kappa shape index (κ1) is 7.16. The molecule has 0 saturated carbocycles. The highest BCUT2D eigenvalue weighted by atomic mass is 35.5. The Bertz CT molecular complexity index is 150. The molecule has 0 N–H and O–H groups in total. The molecule has 1 rings (SSSR count). The largest absolute Gasteiger partial charge is 0.273 e. The molecule has 1 aliphatic heterocycles. The molecule has 0 bridgehead atoms. The van der Waals surface area contributed by atoms with Crippen LogP contribution in [-0.4, -0.2) is 21.7 Å². The highest BCUT2D eigenvalue weighted by Crippen LogP contribution is 2.34. The van der Waals surface area contributed by atoms with Crippen LogP contribution in [0, 0.1) is 0 Å². The summed E-state index contributed by atoms with van der Waals surface area (Å²) >= 11 is 11.0. The van der Waals surface area contributed by atoms with Gasteiger partial charge in [0.05, 0.1) is 12.0 Å². The number of hydrogen-bond acceptors (Lipinski definition) is 1. The maximum atomic E-state index is 10.5. The number of nitrogens with zero attached hydrogens (tertiary/aromatic N) is 1. The van der Waals surface area contributed by atoms with Crippen LogP contribution in [0.25, 0.3) is 0 Å². The lowest BCUT2D eigenvalue weighted by Crippen LogP contribution is -2.57. The minimum atomic E-state index is -0.291.